The van der Waals surface area contributed by atoms with Crippen LogP contribution in [0.3, 0.4) is 0 Å². The monoisotopic (exact) mass is 276 g/mol. The zero-order valence-electron chi connectivity index (χ0n) is 11.8. The summed E-state index contributed by atoms with van der Waals surface area (Å²) in [6.07, 6.45) is 1.17. The van der Waals surface area contributed by atoms with Gasteiger partial charge < -0.3 is 15.2 Å². The van der Waals surface area contributed by atoms with Gasteiger partial charge in [-0.05, 0) is 37.1 Å². The van der Waals surface area contributed by atoms with Gasteiger partial charge in [-0.15, -0.1) is 0 Å². The van der Waals surface area contributed by atoms with Crippen LogP contribution in [0, 0.1) is 11.3 Å². The SMILES string of the molecule is CCC(O)(CC)CNC(=O)COc1ccc(C#N)cc1. The predicted octanol–water partition coefficient (Wildman–Crippen LogP) is 1.60. The second-order valence-corrected chi connectivity index (χ2v) is 4.63. The molecule has 0 aliphatic heterocycles. The van der Waals surface area contributed by atoms with Gasteiger partial charge in [0.2, 0.25) is 0 Å². The number of carbonyl (C=O) groups is 1. The number of amides is 1. The van der Waals surface area contributed by atoms with Crippen molar-refractivity contribution in [3.05, 3.63) is 29.8 Å². The molecule has 1 amide bonds. The second kappa shape index (κ2) is 7.51. The highest BCUT2D eigenvalue weighted by Gasteiger charge is 2.22. The van der Waals surface area contributed by atoms with Gasteiger partial charge in [0.25, 0.3) is 5.91 Å². The third-order valence-corrected chi connectivity index (χ3v) is 3.28. The third-order valence-electron chi connectivity index (χ3n) is 3.28. The van der Waals surface area contributed by atoms with Crippen molar-refractivity contribution in [2.75, 3.05) is 13.2 Å². The lowest BCUT2D eigenvalue weighted by Crippen LogP contribution is -2.43. The molecule has 0 aliphatic rings. The van der Waals surface area contributed by atoms with Crippen molar-refractivity contribution in [3.63, 3.8) is 0 Å². The third kappa shape index (κ3) is 4.90. The van der Waals surface area contributed by atoms with Gasteiger partial charge >= 0.3 is 0 Å². The van der Waals surface area contributed by atoms with Crippen molar-refractivity contribution >= 4 is 5.91 Å². The number of ether oxygens (including phenoxy) is 1. The zero-order chi connectivity index (χ0) is 15.0. The molecule has 20 heavy (non-hydrogen) atoms. The van der Waals surface area contributed by atoms with Gasteiger partial charge in [0.15, 0.2) is 6.61 Å². The van der Waals surface area contributed by atoms with Crippen molar-refractivity contribution in [1.29, 1.82) is 5.26 Å². The number of hydrogen-bond donors (Lipinski definition) is 2. The Morgan fingerprint density at radius 1 is 1.35 bits per heavy atom. The van der Waals surface area contributed by atoms with E-state index in [2.05, 4.69) is 5.32 Å². The Kier molecular flexibility index (Phi) is 6.01. The average Bonchev–Trinajstić information content (AvgIpc) is 2.51. The molecule has 0 fully saturated rings. The summed E-state index contributed by atoms with van der Waals surface area (Å²) in [6.45, 7) is 3.86. The molecule has 2 N–H and O–H groups in total. The van der Waals surface area contributed by atoms with Gasteiger partial charge in [0.05, 0.1) is 17.2 Å². The predicted molar refractivity (Wildman–Crippen MR) is 75.2 cm³/mol. The molecule has 0 radical (unpaired) electrons. The fraction of sp³-hybridized carbons (Fsp3) is 0.467. The van der Waals surface area contributed by atoms with Gasteiger partial charge in [-0.3, -0.25) is 4.79 Å². The van der Waals surface area contributed by atoms with Crippen LogP contribution in [0.15, 0.2) is 24.3 Å². The quantitative estimate of drug-likeness (QED) is 0.792. The van der Waals surface area contributed by atoms with Crippen molar-refractivity contribution in [3.8, 4) is 11.8 Å². The minimum absolute atomic E-state index is 0.116. The molecule has 1 rings (SSSR count). The highest BCUT2D eigenvalue weighted by atomic mass is 16.5. The molecule has 0 saturated heterocycles. The van der Waals surface area contributed by atoms with E-state index in [4.69, 9.17) is 10.00 Å². The first-order valence-electron chi connectivity index (χ1n) is 6.65. The van der Waals surface area contributed by atoms with Crippen LogP contribution in [-0.4, -0.2) is 29.8 Å². The summed E-state index contributed by atoms with van der Waals surface area (Å²) < 4.78 is 5.30. The van der Waals surface area contributed by atoms with Crippen molar-refractivity contribution in [2.45, 2.75) is 32.3 Å². The Hall–Kier alpha value is -2.06. The maximum atomic E-state index is 11.6. The van der Waals surface area contributed by atoms with Crippen molar-refractivity contribution in [2.24, 2.45) is 0 Å². The van der Waals surface area contributed by atoms with E-state index in [1.807, 2.05) is 19.9 Å². The van der Waals surface area contributed by atoms with Crippen molar-refractivity contribution in [1.82, 2.24) is 5.32 Å². The van der Waals surface area contributed by atoms with E-state index < -0.39 is 5.60 Å². The number of nitrogens with zero attached hydrogens (tertiary/aromatic N) is 1. The van der Waals surface area contributed by atoms with Gasteiger partial charge in [-0.25, -0.2) is 0 Å². The lowest BCUT2D eigenvalue weighted by molar-refractivity contribution is -0.124. The molecule has 108 valence electrons. The zero-order valence-corrected chi connectivity index (χ0v) is 11.8. The average molecular weight is 276 g/mol. The summed E-state index contributed by atoms with van der Waals surface area (Å²) in [4.78, 5) is 11.6. The van der Waals surface area contributed by atoms with E-state index >= 15 is 0 Å². The van der Waals surface area contributed by atoms with E-state index in [1.54, 1.807) is 24.3 Å². The summed E-state index contributed by atoms with van der Waals surface area (Å²) in [5.74, 6) is 0.245. The Balaban J connectivity index is 2.38. The van der Waals surface area contributed by atoms with Crippen molar-refractivity contribution < 1.29 is 14.6 Å². The molecule has 1 aromatic carbocycles. The summed E-state index contributed by atoms with van der Waals surface area (Å²) in [6, 6.07) is 8.53. The lowest BCUT2D eigenvalue weighted by Gasteiger charge is -2.25. The smallest absolute Gasteiger partial charge is 0.258 e. The fourth-order valence-electron chi connectivity index (χ4n) is 1.59. The number of carbonyl (C=O) groups excluding carboxylic acids is 1. The first kappa shape index (κ1) is 16.0. The molecular formula is C15H20N2O3. The van der Waals surface area contributed by atoms with E-state index in [1.165, 1.54) is 0 Å². The molecule has 5 nitrogen and oxygen atoms in total. The largest absolute Gasteiger partial charge is 0.484 e. The second-order valence-electron chi connectivity index (χ2n) is 4.63. The molecule has 1 aromatic rings. The number of nitrogens with one attached hydrogen (secondary N) is 1. The minimum atomic E-state index is -0.857. The lowest BCUT2D eigenvalue weighted by atomic mass is 9.98. The molecule has 0 atom stereocenters. The molecule has 0 aliphatic carbocycles. The Bertz CT molecular complexity index is 473. The molecule has 0 heterocycles. The highest BCUT2D eigenvalue weighted by Crippen LogP contribution is 2.13. The van der Waals surface area contributed by atoms with E-state index in [-0.39, 0.29) is 19.1 Å². The van der Waals surface area contributed by atoms with Crippen LogP contribution < -0.4 is 10.1 Å². The molecule has 5 heteroatoms. The Morgan fingerprint density at radius 2 is 1.95 bits per heavy atom. The Morgan fingerprint density at radius 3 is 2.45 bits per heavy atom. The minimum Gasteiger partial charge on any atom is -0.484 e. The first-order valence-corrected chi connectivity index (χ1v) is 6.65. The van der Waals surface area contributed by atoms with E-state index in [9.17, 15) is 9.90 Å². The van der Waals surface area contributed by atoms with Gasteiger partial charge in [-0.1, -0.05) is 13.8 Å². The molecular weight excluding hydrogens is 256 g/mol. The summed E-state index contributed by atoms with van der Waals surface area (Å²) in [5, 5.41) is 21.3. The number of aliphatic hydroxyl groups is 1. The first-order chi connectivity index (χ1) is 9.53. The molecule has 0 unspecified atom stereocenters. The molecule has 0 bridgehead atoms. The molecule has 0 spiro atoms. The summed E-state index contributed by atoms with van der Waals surface area (Å²) in [7, 11) is 0. The van der Waals surface area contributed by atoms with Gasteiger partial charge in [0.1, 0.15) is 5.75 Å². The van der Waals surface area contributed by atoms with Crippen LogP contribution >= 0.6 is 0 Å². The summed E-state index contributed by atoms with van der Waals surface area (Å²) in [5.41, 5.74) is -0.317. The van der Waals surface area contributed by atoms with E-state index in [0.717, 1.165) is 0 Å². The maximum Gasteiger partial charge on any atom is 0.258 e. The van der Waals surface area contributed by atoms with Crippen LogP contribution in [0.4, 0.5) is 0 Å². The number of benzene rings is 1. The number of nitriles is 1. The van der Waals surface area contributed by atoms with Gasteiger partial charge in [0, 0.05) is 6.54 Å². The normalized spacial score (nSPS) is 10.7. The maximum absolute atomic E-state index is 11.6. The standard InChI is InChI=1S/C15H20N2O3/c1-3-15(19,4-2)11-17-14(18)10-20-13-7-5-12(9-16)6-8-13/h5-8,19H,3-4,10-11H2,1-2H3,(H,17,18). The fourth-order valence-corrected chi connectivity index (χ4v) is 1.59. The summed E-state index contributed by atoms with van der Waals surface area (Å²) >= 11 is 0. The van der Waals surface area contributed by atoms with Crippen LogP contribution in [0.5, 0.6) is 5.75 Å². The van der Waals surface area contributed by atoms with Gasteiger partial charge in [-0.2, -0.15) is 5.26 Å². The number of hydrogen-bond acceptors (Lipinski definition) is 4. The number of rotatable bonds is 7. The van der Waals surface area contributed by atoms with Crippen LogP contribution in [0.25, 0.3) is 0 Å². The van der Waals surface area contributed by atoms with Crippen LogP contribution in [0.1, 0.15) is 32.3 Å². The molecule has 0 aromatic heterocycles. The topological polar surface area (TPSA) is 82.3 Å². The van der Waals surface area contributed by atoms with E-state index in [0.29, 0.717) is 24.2 Å². The molecule has 0 saturated carbocycles. The highest BCUT2D eigenvalue weighted by molar-refractivity contribution is 5.77. The Labute approximate surface area is 119 Å². The van der Waals surface area contributed by atoms with Crippen LogP contribution in [0.2, 0.25) is 0 Å². The van der Waals surface area contributed by atoms with Crippen LogP contribution in [-0.2, 0) is 4.79 Å².